The van der Waals surface area contributed by atoms with Crippen molar-refractivity contribution in [2.75, 3.05) is 40.3 Å². The molecule has 1 aliphatic heterocycles. The Hall–Kier alpha value is -2.59. The molecule has 0 saturated carbocycles. The maximum Gasteiger partial charge on any atom is 0.253 e. The minimum atomic E-state index is -3.52. The van der Waals surface area contributed by atoms with Crippen LogP contribution in [0.2, 0.25) is 0 Å². The van der Waals surface area contributed by atoms with Crippen LogP contribution in [-0.4, -0.2) is 68.7 Å². The summed E-state index contributed by atoms with van der Waals surface area (Å²) in [5.74, 6) is -0.313. The van der Waals surface area contributed by atoms with E-state index in [1.165, 1.54) is 32.3 Å². The first-order valence-electron chi connectivity index (χ1n) is 10.6. The number of hydrogen-bond donors (Lipinski definition) is 0. The first-order chi connectivity index (χ1) is 15.8. The summed E-state index contributed by atoms with van der Waals surface area (Å²) >= 11 is 1.59. The molecule has 1 fully saturated rings. The number of hydrogen-bond acceptors (Lipinski definition) is 5. The summed E-state index contributed by atoms with van der Waals surface area (Å²) in [4.78, 5) is 19.2. The highest BCUT2D eigenvalue weighted by Gasteiger charge is 2.24. The Morgan fingerprint density at radius 1 is 0.970 bits per heavy atom. The van der Waals surface area contributed by atoms with Crippen molar-refractivity contribution in [3.63, 3.8) is 0 Å². The molecule has 1 aliphatic rings. The van der Waals surface area contributed by atoms with Crippen LogP contribution in [0.15, 0.2) is 65.6 Å². The lowest BCUT2D eigenvalue weighted by molar-refractivity contribution is 0.0629. The zero-order valence-electron chi connectivity index (χ0n) is 18.6. The minimum absolute atomic E-state index is 0.0959. The van der Waals surface area contributed by atoms with E-state index in [-0.39, 0.29) is 16.6 Å². The molecule has 0 N–H and O–H groups in total. The van der Waals surface area contributed by atoms with Crippen molar-refractivity contribution in [3.05, 3.63) is 76.9 Å². The van der Waals surface area contributed by atoms with E-state index in [0.29, 0.717) is 24.2 Å². The number of halogens is 1. The van der Waals surface area contributed by atoms with Crippen LogP contribution in [0.3, 0.4) is 0 Å². The molecule has 1 saturated heterocycles. The average molecular weight is 488 g/mol. The van der Waals surface area contributed by atoms with Crippen LogP contribution in [0.25, 0.3) is 10.4 Å². The normalized spacial score (nSPS) is 15.2. The molecule has 9 heteroatoms. The molecule has 33 heavy (non-hydrogen) atoms. The fourth-order valence-corrected chi connectivity index (χ4v) is 5.74. The predicted molar refractivity (Wildman–Crippen MR) is 128 cm³/mol. The second-order valence-corrected chi connectivity index (χ2v) is 11.4. The number of carbonyl (C=O) groups excluding carboxylic acids is 1. The van der Waals surface area contributed by atoms with E-state index < -0.39 is 10.0 Å². The van der Waals surface area contributed by atoms with Gasteiger partial charge in [0.25, 0.3) is 5.91 Å². The maximum absolute atomic E-state index is 14.0. The highest BCUT2D eigenvalue weighted by Crippen LogP contribution is 2.30. The third-order valence-corrected chi connectivity index (χ3v) is 8.65. The third-order valence-electron chi connectivity index (χ3n) is 5.72. The third kappa shape index (κ3) is 5.16. The fraction of sp³-hybridized carbons (Fsp3) is 0.292. The van der Waals surface area contributed by atoms with Crippen LogP contribution in [0.5, 0.6) is 0 Å². The Morgan fingerprint density at radius 2 is 1.64 bits per heavy atom. The Balaban J connectivity index is 1.34. The lowest BCUT2D eigenvalue weighted by atomic mass is 10.2. The van der Waals surface area contributed by atoms with Gasteiger partial charge in [0, 0.05) is 67.7 Å². The zero-order chi connectivity index (χ0) is 23.6. The smallest absolute Gasteiger partial charge is 0.253 e. The lowest BCUT2D eigenvalue weighted by Gasteiger charge is -2.34. The maximum atomic E-state index is 14.0. The van der Waals surface area contributed by atoms with Gasteiger partial charge >= 0.3 is 0 Å². The van der Waals surface area contributed by atoms with Crippen LogP contribution in [0.1, 0.15) is 15.2 Å². The van der Waals surface area contributed by atoms with E-state index >= 15 is 0 Å². The van der Waals surface area contributed by atoms with E-state index in [1.807, 2.05) is 18.2 Å². The zero-order valence-corrected chi connectivity index (χ0v) is 20.2. The number of benzene rings is 2. The van der Waals surface area contributed by atoms with Crippen molar-refractivity contribution in [1.29, 1.82) is 0 Å². The van der Waals surface area contributed by atoms with Crippen LogP contribution in [-0.2, 0) is 16.6 Å². The second-order valence-electron chi connectivity index (χ2n) is 8.13. The molecular formula is C24H26FN3O3S2. The molecule has 0 spiro atoms. The molecule has 1 aromatic heterocycles. The van der Waals surface area contributed by atoms with Gasteiger partial charge in [-0.15, -0.1) is 11.3 Å². The van der Waals surface area contributed by atoms with E-state index in [1.54, 1.807) is 40.5 Å². The van der Waals surface area contributed by atoms with Gasteiger partial charge in [0.1, 0.15) is 5.82 Å². The highest BCUT2D eigenvalue weighted by atomic mass is 32.2. The number of nitrogens with zero attached hydrogens (tertiary/aromatic N) is 3. The van der Waals surface area contributed by atoms with Crippen molar-refractivity contribution >= 4 is 27.3 Å². The topological polar surface area (TPSA) is 60.9 Å². The minimum Gasteiger partial charge on any atom is -0.336 e. The van der Waals surface area contributed by atoms with Crippen molar-refractivity contribution in [2.45, 2.75) is 11.4 Å². The number of amides is 1. The standard InChI is InChI=1S/C24H26FN3O3S2/c1-26(2)33(30,31)20-10-7-18(8-11-20)24(29)28-15-13-27(14-16-28)17-19-9-12-23(32-19)21-5-3-4-6-22(21)25/h3-12H,13-17H2,1-2H3. The fourth-order valence-electron chi connectivity index (χ4n) is 3.76. The van der Waals surface area contributed by atoms with Crippen molar-refractivity contribution in [2.24, 2.45) is 0 Å². The van der Waals surface area contributed by atoms with Gasteiger partial charge in [-0.3, -0.25) is 9.69 Å². The number of piperazine rings is 1. The molecule has 3 aromatic rings. The molecule has 0 aliphatic carbocycles. The summed E-state index contributed by atoms with van der Waals surface area (Å²) in [5, 5.41) is 0. The Labute approximate surface area is 197 Å². The lowest BCUT2D eigenvalue weighted by Crippen LogP contribution is -2.48. The van der Waals surface area contributed by atoms with Crippen LogP contribution in [0.4, 0.5) is 4.39 Å². The molecule has 0 atom stereocenters. The van der Waals surface area contributed by atoms with Crippen LogP contribution < -0.4 is 0 Å². The van der Waals surface area contributed by atoms with Gasteiger partial charge in [0.2, 0.25) is 10.0 Å². The molecule has 6 nitrogen and oxygen atoms in total. The predicted octanol–water partition coefficient (Wildman–Crippen LogP) is 3.76. The average Bonchev–Trinajstić information content (AvgIpc) is 3.27. The van der Waals surface area contributed by atoms with Crippen molar-refractivity contribution < 1.29 is 17.6 Å². The highest BCUT2D eigenvalue weighted by molar-refractivity contribution is 7.89. The first-order valence-corrected chi connectivity index (χ1v) is 12.9. The Kier molecular flexibility index (Phi) is 6.94. The molecule has 4 rings (SSSR count). The summed E-state index contributed by atoms with van der Waals surface area (Å²) in [6.45, 7) is 3.44. The van der Waals surface area contributed by atoms with E-state index in [0.717, 1.165) is 33.7 Å². The number of carbonyl (C=O) groups is 1. The molecule has 0 radical (unpaired) electrons. The van der Waals surface area contributed by atoms with E-state index in [4.69, 9.17) is 0 Å². The molecule has 1 amide bonds. The number of thiophene rings is 1. The van der Waals surface area contributed by atoms with Gasteiger partial charge in [0.05, 0.1) is 4.90 Å². The molecule has 0 bridgehead atoms. The summed E-state index contributed by atoms with van der Waals surface area (Å²) in [6.07, 6.45) is 0. The van der Waals surface area contributed by atoms with Crippen LogP contribution in [0, 0.1) is 5.82 Å². The van der Waals surface area contributed by atoms with Gasteiger partial charge < -0.3 is 4.90 Å². The van der Waals surface area contributed by atoms with Crippen molar-refractivity contribution in [3.8, 4) is 10.4 Å². The molecule has 174 valence electrons. The van der Waals surface area contributed by atoms with Gasteiger partial charge in [0.15, 0.2) is 0 Å². The molecule has 0 unspecified atom stereocenters. The Bertz CT molecular complexity index is 1230. The largest absolute Gasteiger partial charge is 0.336 e. The quantitative estimate of drug-likeness (QED) is 0.531. The first kappa shape index (κ1) is 23.6. The number of rotatable bonds is 6. The van der Waals surface area contributed by atoms with Gasteiger partial charge in [-0.1, -0.05) is 18.2 Å². The van der Waals surface area contributed by atoms with Gasteiger partial charge in [-0.25, -0.2) is 17.1 Å². The molecular weight excluding hydrogens is 461 g/mol. The van der Waals surface area contributed by atoms with Crippen LogP contribution >= 0.6 is 11.3 Å². The van der Waals surface area contributed by atoms with E-state index in [9.17, 15) is 17.6 Å². The molecule has 2 aromatic carbocycles. The van der Waals surface area contributed by atoms with Crippen molar-refractivity contribution in [1.82, 2.24) is 14.1 Å². The number of sulfonamides is 1. The second kappa shape index (κ2) is 9.72. The molecule has 2 heterocycles. The summed E-state index contributed by atoms with van der Waals surface area (Å²) < 4.78 is 39.6. The SMILES string of the molecule is CN(C)S(=O)(=O)c1ccc(C(=O)N2CCN(Cc3ccc(-c4ccccc4F)s3)CC2)cc1. The van der Waals surface area contributed by atoms with Gasteiger partial charge in [-0.2, -0.15) is 0 Å². The monoisotopic (exact) mass is 487 g/mol. The summed E-state index contributed by atoms with van der Waals surface area (Å²) in [5.41, 5.74) is 1.10. The summed E-state index contributed by atoms with van der Waals surface area (Å²) in [7, 11) is -0.564. The van der Waals surface area contributed by atoms with Gasteiger partial charge in [-0.05, 0) is 42.5 Å². The van der Waals surface area contributed by atoms with E-state index in [2.05, 4.69) is 4.90 Å². The Morgan fingerprint density at radius 3 is 2.27 bits per heavy atom. The summed E-state index contributed by atoms with van der Waals surface area (Å²) in [6, 6.07) is 16.9.